The van der Waals surface area contributed by atoms with Gasteiger partial charge in [-0.3, -0.25) is 9.69 Å². The molecule has 0 bridgehead atoms. The number of nitrogens with zero attached hydrogens (tertiary/aromatic N) is 1. The van der Waals surface area contributed by atoms with Gasteiger partial charge in [-0.15, -0.1) is 0 Å². The maximum Gasteiger partial charge on any atom is 0.234 e. The average molecular weight is 269 g/mol. The lowest BCUT2D eigenvalue weighted by molar-refractivity contribution is -0.122. The third kappa shape index (κ3) is 6.92. The fraction of sp³-hybridized carbons (Fsp3) is 0.933. The predicted molar refractivity (Wildman–Crippen MR) is 80.2 cm³/mol. The molecule has 0 aromatic heterocycles. The van der Waals surface area contributed by atoms with Gasteiger partial charge in [-0.1, -0.05) is 13.3 Å². The van der Waals surface area contributed by atoms with E-state index in [1.165, 1.54) is 12.8 Å². The monoisotopic (exact) mass is 269 g/mol. The molecule has 1 heterocycles. The summed E-state index contributed by atoms with van der Waals surface area (Å²) in [6.45, 7) is 11.1. The molecule has 1 amide bonds. The summed E-state index contributed by atoms with van der Waals surface area (Å²) in [5.74, 6) is 0.866. The van der Waals surface area contributed by atoms with Gasteiger partial charge in [0.2, 0.25) is 5.91 Å². The van der Waals surface area contributed by atoms with Gasteiger partial charge in [0.25, 0.3) is 0 Å². The highest BCUT2D eigenvalue weighted by Gasteiger charge is 2.20. The summed E-state index contributed by atoms with van der Waals surface area (Å²) in [6, 6.07) is 0.429. The Labute approximate surface area is 118 Å². The van der Waals surface area contributed by atoms with Crippen LogP contribution in [0.5, 0.6) is 0 Å². The van der Waals surface area contributed by atoms with Crippen molar-refractivity contribution in [2.24, 2.45) is 5.92 Å². The minimum Gasteiger partial charge on any atom is -0.355 e. The van der Waals surface area contributed by atoms with Crippen molar-refractivity contribution < 1.29 is 4.79 Å². The molecule has 4 heteroatoms. The van der Waals surface area contributed by atoms with E-state index in [1.54, 1.807) is 0 Å². The summed E-state index contributed by atoms with van der Waals surface area (Å²) in [6.07, 6.45) is 4.74. The molecule has 4 nitrogen and oxygen atoms in total. The smallest absolute Gasteiger partial charge is 0.234 e. The molecule has 19 heavy (non-hydrogen) atoms. The molecule has 2 N–H and O–H groups in total. The summed E-state index contributed by atoms with van der Waals surface area (Å²) in [5, 5.41) is 6.46. The second kappa shape index (κ2) is 9.32. The lowest BCUT2D eigenvalue weighted by Crippen LogP contribution is -2.45. The Balaban J connectivity index is 2.32. The van der Waals surface area contributed by atoms with Crippen LogP contribution in [0, 0.1) is 5.92 Å². The first-order valence-electron chi connectivity index (χ1n) is 7.85. The Morgan fingerprint density at radius 1 is 1.47 bits per heavy atom. The van der Waals surface area contributed by atoms with Crippen LogP contribution >= 0.6 is 0 Å². The quantitative estimate of drug-likeness (QED) is 0.658. The molecular formula is C15H31N3O. The summed E-state index contributed by atoms with van der Waals surface area (Å²) in [5.41, 5.74) is 0. The highest BCUT2D eigenvalue weighted by molar-refractivity contribution is 5.78. The van der Waals surface area contributed by atoms with Crippen LogP contribution in [0.15, 0.2) is 0 Å². The number of unbranched alkanes of at least 4 members (excludes halogenated alkanes) is 1. The Morgan fingerprint density at radius 2 is 2.26 bits per heavy atom. The zero-order chi connectivity index (χ0) is 14.1. The number of rotatable bonds is 8. The number of hydrogen-bond donors (Lipinski definition) is 2. The van der Waals surface area contributed by atoms with Gasteiger partial charge in [0.05, 0.1) is 6.54 Å². The van der Waals surface area contributed by atoms with Crippen molar-refractivity contribution in [2.45, 2.75) is 52.5 Å². The summed E-state index contributed by atoms with van der Waals surface area (Å²) in [7, 11) is 0. The number of nitrogens with one attached hydrogen (secondary N) is 2. The normalized spacial score (nSPS) is 19.9. The second-order valence-electron chi connectivity index (χ2n) is 5.94. The average Bonchev–Trinajstić information content (AvgIpc) is 2.39. The number of amides is 1. The Hall–Kier alpha value is -0.610. The van der Waals surface area contributed by atoms with Gasteiger partial charge in [-0.2, -0.15) is 0 Å². The van der Waals surface area contributed by atoms with Crippen molar-refractivity contribution in [3.8, 4) is 0 Å². The van der Waals surface area contributed by atoms with Crippen LogP contribution in [0.3, 0.4) is 0 Å². The van der Waals surface area contributed by atoms with Crippen LogP contribution in [0.25, 0.3) is 0 Å². The zero-order valence-electron chi connectivity index (χ0n) is 12.9. The standard InChI is InChI=1S/C15H31N3O/c1-4-5-9-17-15(19)12-18(13(2)3)11-14-7-6-8-16-10-14/h13-14,16H,4-12H2,1-3H3,(H,17,19). The lowest BCUT2D eigenvalue weighted by Gasteiger charge is -2.32. The fourth-order valence-electron chi connectivity index (χ4n) is 2.51. The lowest BCUT2D eigenvalue weighted by atomic mass is 9.98. The van der Waals surface area contributed by atoms with Crippen molar-refractivity contribution >= 4 is 5.91 Å². The minimum atomic E-state index is 0.172. The Kier molecular flexibility index (Phi) is 8.07. The van der Waals surface area contributed by atoms with Crippen LogP contribution in [-0.2, 0) is 4.79 Å². The van der Waals surface area contributed by atoms with E-state index in [0.717, 1.165) is 39.0 Å². The van der Waals surface area contributed by atoms with Gasteiger partial charge >= 0.3 is 0 Å². The first kappa shape index (κ1) is 16.4. The molecule has 1 aliphatic rings. The SMILES string of the molecule is CCCCNC(=O)CN(CC1CCCNC1)C(C)C. The molecule has 1 rings (SSSR count). The van der Waals surface area contributed by atoms with E-state index in [2.05, 4.69) is 36.3 Å². The minimum absolute atomic E-state index is 0.172. The van der Waals surface area contributed by atoms with Gasteiger partial charge in [-0.05, 0) is 52.1 Å². The van der Waals surface area contributed by atoms with Gasteiger partial charge in [0, 0.05) is 19.1 Å². The van der Waals surface area contributed by atoms with Crippen molar-refractivity contribution in [1.29, 1.82) is 0 Å². The summed E-state index contributed by atoms with van der Waals surface area (Å²) in [4.78, 5) is 14.2. The predicted octanol–water partition coefficient (Wildman–Crippen LogP) is 1.61. The molecule has 1 atom stereocenters. The molecule has 1 unspecified atom stereocenters. The van der Waals surface area contributed by atoms with E-state index in [-0.39, 0.29) is 5.91 Å². The van der Waals surface area contributed by atoms with Crippen molar-refractivity contribution in [2.75, 3.05) is 32.7 Å². The maximum absolute atomic E-state index is 11.9. The third-order valence-corrected chi connectivity index (χ3v) is 3.82. The molecule has 1 aliphatic heterocycles. The van der Waals surface area contributed by atoms with E-state index in [9.17, 15) is 4.79 Å². The van der Waals surface area contributed by atoms with E-state index in [1.807, 2.05) is 0 Å². The van der Waals surface area contributed by atoms with Crippen LogP contribution in [-0.4, -0.2) is 49.6 Å². The molecular weight excluding hydrogens is 238 g/mol. The van der Waals surface area contributed by atoms with Crippen molar-refractivity contribution in [3.63, 3.8) is 0 Å². The van der Waals surface area contributed by atoms with E-state index >= 15 is 0 Å². The molecule has 0 saturated carbocycles. The van der Waals surface area contributed by atoms with Gasteiger partial charge in [-0.25, -0.2) is 0 Å². The third-order valence-electron chi connectivity index (χ3n) is 3.82. The number of carbonyl (C=O) groups excluding carboxylic acids is 1. The molecule has 0 spiro atoms. The first-order valence-corrected chi connectivity index (χ1v) is 7.85. The molecule has 112 valence electrons. The van der Waals surface area contributed by atoms with Gasteiger partial charge in [0.15, 0.2) is 0 Å². The molecule has 1 fully saturated rings. The van der Waals surface area contributed by atoms with Crippen LogP contribution in [0.1, 0.15) is 46.5 Å². The molecule has 0 aromatic rings. The van der Waals surface area contributed by atoms with Crippen molar-refractivity contribution in [1.82, 2.24) is 15.5 Å². The first-order chi connectivity index (χ1) is 9.13. The highest BCUT2D eigenvalue weighted by atomic mass is 16.2. The molecule has 0 aliphatic carbocycles. The molecule has 0 radical (unpaired) electrons. The van der Waals surface area contributed by atoms with Crippen molar-refractivity contribution in [3.05, 3.63) is 0 Å². The van der Waals surface area contributed by atoms with Crippen LogP contribution < -0.4 is 10.6 Å². The fourth-order valence-corrected chi connectivity index (χ4v) is 2.51. The number of carbonyl (C=O) groups is 1. The van der Waals surface area contributed by atoms with E-state index in [4.69, 9.17) is 0 Å². The maximum atomic E-state index is 11.9. The Morgan fingerprint density at radius 3 is 2.84 bits per heavy atom. The van der Waals surface area contributed by atoms with Gasteiger partial charge < -0.3 is 10.6 Å². The summed E-state index contributed by atoms with van der Waals surface area (Å²) < 4.78 is 0. The van der Waals surface area contributed by atoms with E-state index in [0.29, 0.717) is 18.5 Å². The number of piperidine rings is 1. The summed E-state index contributed by atoms with van der Waals surface area (Å²) >= 11 is 0. The number of hydrogen-bond acceptors (Lipinski definition) is 3. The molecule has 0 aromatic carbocycles. The highest BCUT2D eigenvalue weighted by Crippen LogP contribution is 2.13. The Bertz CT molecular complexity index is 250. The zero-order valence-corrected chi connectivity index (χ0v) is 12.9. The van der Waals surface area contributed by atoms with E-state index < -0.39 is 0 Å². The van der Waals surface area contributed by atoms with Crippen LogP contribution in [0.4, 0.5) is 0 Å². The molecule has 1 saturated heterocycles. The van der Waals surface area contributed by atoms with Gasteiger partial charge in [0.1, 0.15) is 0 Å². The largest absolute Gasteiger partial charge is 0.355 e. The van der Waals surface area contributed by atoms with Crippen LogP contribution in [0.2, 0.25) is 0 Å². The second-order valence-corrected chi connectivity index (χ2v) is 5.94. The topological polar surface area (TPSA) is 44.4 Å².